The lowest BCUT2D eigenvalue weighted by Gasteiger charge is -2.39. The van der Waals surface area contributed by atoms with Gasteiger partial charge in [0, 0.05) is 8.95 Å². The van der Waals surface area contributed by atoms with Crippen LogP contribution in [0.5, 0.6) is 0 Å². The fraction of sp³-hybridized carbons (Fsp3) is 0.240. The minimum Gasteiger partial charge on any atom is -0.374 e. The van der Waals surface area contributed by atoms with Gasteiger partial charge >= 0.3 is 0 Å². The third-order valence-corrected chi connectivity index (χ3v) is 10.6. The molecule has 0 amide bonds. The van der Waals surface area contributed by atoms with Gasteiger partial charge < -0.3 is 28.4 Å². The van der Waals surface area contributed by atoms with Crippen LogP contribution < -0.4 is 0 Å². The van der Waals surface area contributed by atoms with E-state index < -0.39 is 30.5 Å². The Labute approximate surface area is 360 Å². The summed E-state index contributed by atoms with van der Waals surface area (Å²) in [6, 6.07) is 56.7. The van der Waals surface area contributed by atoms with E-state index >= 15 is 0 Å². The lowest BCUT2D eigenvalue weighted by molar-refractivity contribution is -0.216. The Hall–Kier alpha value is -4.22. The Bertz CT molecular complexity index is 2020. The molecular formula is C50H50Br2O6. The SMILES string of the molecule is C=C[C@@H](OCc1ccc(Br)cc1)[C@H](OCc1ccccc1)[C@@H](OCc1ccccc1)[C@H](OCc1ccccc1)[C@@H](COCc1ccccc1)OCc1ccc(Br)cc1. The van der Waals surface area contributed by atoms with Crippen molar-refractivity contribution in [2.75, 3.05) is 6.61 Å². The molecule has 0 saturated carbocycles. The Morgan fingerprint density at radius 3 is 1.16 bits per heavy atom. The van der Waals surface area contributed by atoms with Gasteiger partial charge in [0.25, 0.3) is 0 Å². The minimum atomic E-state index is -0.726. The first-order chi connectivity index (χ1) is 28.5. The average Bonchev–Trinajstić information content (AvgIpc) is 3.27. The Morgan fingerprint density at radius 1 is 0.379 bits per heavy atom. The summed E-state index contributed by atoms with van der Waals surface area (Å²) in [7, 11) is 0. The molecule has 0 heterocycles. The van der Waals surface area contributed by atoms with Crippen molar-refractivity contribution >= 4 is 31.9 Å². The standard InChI is InChI=1S/C50H50Br2O6/c1-2-46(54-32-42-23-27-44(51)28-24-42)48(56-34-39-17-9-4-10-18-39)50(58-36-41-21-13-6-14-22-41)49(57-35-40-19-11-5-12-20-40)47(37-53-31-38-15-7-3-8-16-38)55-33-43-25-29-45(52)30-26-43/h2-30,46-50H,1,31-37H2/t46-,47-,48+,49-,50-/m1/s1. The molecule has 8 heteroatoms. The van der Waals surface area contributed by atoms with Crippen LogP contribution in [0.25, 0.3) is 0 Å². The molecule has 300 valence electrons. The van der Waals surface area contributed by atoms with Gasteiger partial charge in [0.2, 0.25) is 0 Å². The van der Waals surface area contributed by atoms with Crippen LogP contribution in [0, 0.1) is 0 Å². The van der Waals surface area contributed by atoms with E-state index in [0.29, 0.717) is 39.6 Å². The summed E-state index contributed by atoms with van der Waals surface area (Å²) in [5.74, 6) is 0. The van der Waals surface area contributed by atoms with Crippen LogP contribution in [-0.2, 0) is 68.1 Å². The summed E-state index contributed by atoms with van der Waals surface area (Å²) >= 11 is 7.12. The first-order valence-electron chi connectivity index (χ1n) is 19.5. The molecule has 0 radical (unpaired) electrons. The second kappa shape index (κ2) is 24.0. The summed E-state index contributed by atoms with van der Waals surface area (Å²) in [5.41, 5.74) is 6.12. The van der Waals surface area contributed by atoms with Crippen LogP contribution in [0.2, 0.25) is 0 Å². The van der Waals surface area contributed by atoms with E-state index in [1.54, 1.807) is 6.08 Å². The van der Waals surface area contributed by atoms with E-state index in [1.165, 1.54) is 0 Å². The van der Waals surface area contributed by atoms with Gasteiger partial charge in [-0.2, -0.15) is 0 Å². The summed E-state index contributed by atoms with van der Waals surface area (Å²) < 4.78 is 43.1. The predicted molar refractivity (Wildman–Crippen MR) is 237 cm³/mol. The van der Waals surface area contributed by atoms with Crippen LogP contribution in [0.4, 0.5) is 0 Å². The number of halogens is 2. The van der Waals surface area contributed by atoms with Crippen LogP contribution >= 0.6 is 31.9 Å². The van der Waals surface area contributed by atoms with E-state index in [4.69, 9.17) is 28.4 Å². The fourth-order valence-electron chi connectivity index (χ4n) is 6.43. The van der Waals surface area contributed by atoms with Crippen molar-refractivity contribution in [3.05, 3.63) is 225 Å². The van der Waals surface area contributed by atoms with Crippen molar-refractivity contribution in [3.63, 3.8) is 0 Å². The van der Waals surface area contributed by atoms with Gasteiger partial charge in [-0.25, -0.2) is 0 Å². The highest BCUT2D eigenvalue weighted by Crippen LogP contribution is 2.28. The van der Waals surface area contributed by atoms with Crippen molar-refractivity contribution in [1.29, 1.82) is 0 Å². The third kappa shape index (κ3) is 14.3. The molecule has 58 heavy (non-hydrogen) atoms. The van der Waals surface area contributed by atoms with E-state index in [1.807, 2.05) is 133 Å². The molecule has 0 aliphatic heterocycles. The first-order valence-corrected chi connectivity index (χ1v) is 21.1. The molecule has 6 aromatic carbocycles. The quantitative estimate of drug-likeness (QED) is 0.0564. The molecule has 0 bridgehead atoms. The molecule has 0 aliphatic rings. The summed E-state index contributed by atoms with van der Waals surface area (Å²) in [6.45, 7) is 6.45. The fourth-order valence-corrected chi connectivity index (χ4v) is 6.95. The lowest BCUT2D eigenvalue weighted by Crippen LogP contribution is -2.54. The average molecular weight is 907 g/mol. The maximum absolute atomic E-state index is 7.07. The zero-order valence-electron chi connectivity index (χ0n) is 32.5. The minimum absolute atomic E-state index is 0.222. The highest BCUT2D eigenvalue weighted by Gasteiger charge is 2.42. The zero-order valence-corrected chi connectivity index (χ0v) is 35.7. The van der Waals surface area contributed by atoms with E-state index in [0.717, 1.165) is 42.3 Å². The van der Waals surface area contributed by atoms with Crippen molar-refractivity contribution in [2.45, 2.75) is 70.2 Å². The molecule has 0 aromatic heterocycles. The van der Waals surface area contributed by atoms with Gasteiger partial charge in [0.15, 0.2) is 0 Å². The zero-order chi connectivity index (χ0) is 40.2. The van der Waals surface area contributed by atoms with Crippen molar-refractivity contribution in [1.82, 2.24) is 0 Å². The van der Waals surface area contributed by atoms with Crippen molar-refractivity contribution < 1.29 is 28.4 Å². The summed E-state index contributed by atoms with van der Waals surface area (Å²) in [4.78, 5) is 0. The summed E-state index contributed by atoms with van der Waals surface area (Å²) in [5, 5.41) is 0. The lowest BCUT2D eigenvalue weighted by atomic mass is 9.97. The second-order valence-corrected chi connectivity index (χ2v) is 15.7. The predicted octanol–water partition coefficient (Wildman–Crippen LogP) is 11.8. The molecule has 0 saturated heterocycles. The van der Waals surface area contributed by atoms with Gasteiger partial charge in [-0.1, -0.05) is 184 Å². The van der Waals surface area contributed by atoms with E-state index in [-0.39, 0.29) is 6.61 Å². The third-order valence-electron chi connectivity index (χ3n) is 9.55. The van der Waals surface area contributed by atoms with Crippen molar-refractivity contribution in [2.24, 2.45) is 0 Å². The second-order valence-electron chi connectivity index (χ2n) is 13.9. The van der Waals surface area contributed by atoms with Gasteiger partial charge in [-0.05, 0) is 57.6 Å². The molecule has 0 fully saturated rings. The molecule has 6 rings (SSSR count). The smallest absolute Gasteiger partial charge is 0.116 e. The van der Waals surface area contributed by atoms with Crippen molar-refractivity contribution in [3.8, 4) is 0 Å². The molecule has 0 N–H and O–H groups in total. The number of benzene rings is 6. The Morgan fingerprint density at radius 2 is 0.724 bits per heavy atom. The van der Waals surface area contributed by atoms with Gasteiger partial charge in [0.1, 0.15) is 30.5 Å². The Balaban J connectivity index is 1.40. The number of rotatable bonds is 24. The summed E-state index contributed by atoms with van der Waals surface area (Å²) in [6.07, 6.45) is -1.52. The van der Waals surface area contributed by atoms with Crippen LogP contribution in [-0.4, -0.2) is 37.1 Å². The number of ether oxygens (including phenoxy) is 6. The normalized spacial score (nSPS) is 14.0. The number of hydrogen-bond donors (Lipinski definition) is 0. The van der Waals surface area contributed by atoms with E-state index in [9.17, 15) is 0 Å². The molecule has 0 spiro atoms. The molecule has 0 unspecified atom stereocenters. The van der Waals surface area contributed by atoms with E-state index in [2.05, 4.69) is 74.8 Å². The molecule has 6 aromatic rings. The Kier molecular flexibility index (Phi) is 17.9. The van der Waals surface area contributed by atoms with Gasteiger partial charge in [0.05, 0.1) is 46.2 Å². The molecule has 0 aliphatic carbocycles. The maximum Gasteiger partial charge on any atom is 0.116 e. The molecule has 6 nitrogen and oxygen atoms in total. The molecular weight excluding hydrogens is 856 g/mol. The highest BCUT2D eigenvalue weighted by molar-refractivity contribution is 9.10. The van der Waals surface area contributed by atoms with Crippen LogP contribution in [0.1, 0.15) is 33.4 Å². The molecule has 5 atom stereocenters. The van der Waals surface area contributed by atoms with Gasteiger partial charge in [-0.15, -0.1) is 6.58 Å². The van der Waals surface area contributed by atoms with Crippen LogP contribution in [0.15, 0.2) is 191 Å². The largest absolute Gasteiger partial charge is 0.374 e. The first kappa shape index (κ1) is 43.4. The van der Waals surface area contributed by atoms with Crippen LogP contribution in [0.3, 0.4) is 0 Å². The topological polar surface area (TPSA) is 55.4 Å². The maximum atomic E-state index is 7.07. The van der Waals surface area contributed by atoms with Gasteiger partial charge in [-0.3, -0.25) is 0 Å². The highest BCUT2D eigenvalue weighted by atomic mass is 79.9. The number of hydrogen-bond acceptors (Lipinski definition) is 6. The monoisotopic (exact) mass is 904 g/mol.